The molecule has 4 aromatic rings. The molecule has 0 amide bonds. The van der Waals surface area contributed by atoms with E-state index < -0.39 is 0 Å². The van der Waals surface area contributed by atoms with Gasteiger partial charge in [0.15, 0.2) is 0 Å². The van der Waals surface area contributed by atoms with Crippen molar-refractivity contribution in [2.45, 2.75) is 13.1 Å². The number of hydrogen-bond acceptors (Lipinski definition) is 4. The van der Waals surface area contributed by atoms with Crippen LogP contribution >= 0.6 is 0 Å². The quantitative estimate of drug-likeness (QED) is 0.431. The Labute approximate surface area is 168 Å². The van der Waals surface area contributed by atoms with Crippen LogP contribution in [0.2, 0.25) is 0 Å². The smallest absolute Gasteiger partial charge is 0.337 e. The van der Waals surface area contributed by atoms with E-state index >= 15 is 0 Å². The van der Waals surface area contributed by atoms with Crippen LogP contribution in [0.4, 0.5) is 11.4 Å². The van der Waals surface area contributed by atoms with Crippen molar-refractivity contribution in [3.05, 3.63) is 83.4 Å². The average molecular weight is 380 g/mol. The van der Waals surface area contributed by atoms with E-state index in [1.54, 1.807) is 0 Å². The fraction of sp³-hybridized carbons (Fsp3) is 0.160. The number of fused-ring (bicyclic) bond motifs is 8. The molecular weight excluding hydrogens is 360 g/mol. The highest BCUT2D eigenvalue weighted by atomic mass is 16.5. The summed E-state index contributed by atoms with van der Waals surface area (Å²) in [6.45, 7) is 2.69. The van der Waals surface area contributed by atoms with Crippen LogP contribution < -0.4 is 9.80 Å². The van der Waals surface area contributed by atoms with Crippen molar-refractivity contribution in [3.8, 4) is 0 Å². The van der Waals surface area contributed by atoms with E-state index in [1.807, 2.05) is 18.2 Å². The summed E-state index contributed by atoms with van der Waals surface area (Å²) in [6.07, 6.45) is 0. The second kappa shape index (κ2) is 5.98. The molecule has 0 aliphatic carbocycles. The second-order valence-electron chi connectivity index (χ2n) is 7.90. The fourth-order valence-electron chi connectivity index (χ4n) is 4.74. The van der Waals surface area contributed by atoms with Gasteiger partial charge in [-0.1, -0.05) is 30.3 Å². The highest BCUT2D eigenvalue weighted by Crippen LogP contribution is 2.41. The topological polar surface area (TPSA) is 32.8 Å². The number of benzene rings is 4. The number of esters is 1. The van der Waals surface area contributed by atoms with Gasteiger partial charge in [0.05, 0.1) is 19.3 Å². The van der Waals surface area contributed by atoms with Crippen LogP contribution in [0.5, 0.6) is 0 Å². The maximum atomic E-state index is 11.9. The molecule has 2 heterocycles. The molecule has 6 rings (SSSR count). The molecule has 0 fully saturated rings. The third-order valence-electron chi connectivity index (χ3n) is 6.15. The summed E-state index contributed by atoms with van der Waals surface area (Å²) in [5.74, 6) is -0.296. The summed E-state index contributed by atoms with van der Waals surface area (Å²) < 4.78 is 4.88. The van der Waals surface area contributed by atoms with E-state index in [4.69, 9.17) is 4.74 Å². The molecule has 0 aromatic heterocycles. The monoisotopic (exact) mass is 380 g/mol. The molecule has 2 bridgehead atoms. The normalized spacial score (nSPS) is 14.7. The van der Waals surface area contributed by atoms with Gasteiger partial charge in [-0.05, 0) is 69.1 Å². The Morgan fingerprint density at radius 3 is 2.00 bits per heavy atom. The Morgan fingerprint density at radius 2 is 1.34 bits per heavy atom. The highest BCUT2D eigenvalue weighted by molar-refractivity contribution is 5.97. The van der Waals surface area contributed by atoms with Gasteiger partial charge in [0.1, 0.15) is 0 Å². The summed E-state index contributed by atoms with van der Waals surface area (Å²) in [6, 6.07) is 23.5. The first kappa shape index (κ1) is 16.4. The predicted octanol–water partition coefficient (Wildman–Crippen LogP) is 5.08. The number of carbonyl (C=O) groups excluding carboxylic acids is 1. The summed E-state index contributed by atoms with van der Waals surface area (Å²) in [7, 11) is 1.42. The Morgan fingerprint density at radius 1 is 0.759 bits per heavy atom. The molecule has 2 aliphatic heterocycles. The van der Waals surface area contributed by atoms with Gasteiger partial charge in [0.25, 0.3) is 0 Å². The number of ether oxygens (including phenoxy) is 1. The fourth-order valence-corrected chi connectivity index (χ4v) is 4.74. The molecule has 0 spiro atoms. The lowest BCUT2D eigenvalue weighted by atomic mass is 9.96. The molecule has 29 heavy (non-hydrogen) atoms. The largest absolute Gasteiger partial charge is 0.465 e. The first-order valence-electron chi connectivity index (χ1n) is 9.86. The van der Waals surface area contributed by atoms with Crippen molar-refractivity contribution < 1.29 is 9.53 Å². The number of nitrogens with zero attached hydrogens (tertiary/aromatic N) is 2. The number of methoxy groups -OCH3 is 1. The summed E-state index contributed by atoms with van der Waals surface area (Å²) in [4.78, 5) is 16.8. The zero-order chi connectivity index (χ0) is 19.5. The van der Waals surface area contributed by atoms with Gasteiger partial charge < -0.3 is 14.5 Å². The molecule has 4 heteroatoms. The van der Waals surface area contributed by atoms with E-state index in [1.165, 1.54) is 40.4 Å². The van der Waals surface area contributed by atoms with E-state index in [9.17, 15) is 4.79 Å². The summed E-state index contributed by atoms with van der Waals surface area (Å²) in [5.41, 5.74) is 5.88. The SMILES string of the molecule is COC(=O)c1ccc2cc3c(cc2c1)CN1CN3Cc2cc3ccccc3cc21. The molecular formula is C25H20N2O2. The van der Waals surface area contributed by atoms with Crippen LogP contribution in [0.25, 0.3) is 21.5 Å². The van der Waals surface area contributed by atoms with Crippen molar-refractivity contribution in [2.24, 2.45) is 0 Å². The maximum Gasteiger partial charge on any atom is 0.337 e. The molecule has 0 unspecified atom stereocenters. The van der Waals surface area contributed by atoms with Gasteiger partial charge in [0, 0.05) is 24.5 Å². The van der Waals surface area contributed by atoms with Crippen molar-refractivity contribution >= 4 is 38.9 Å². The van der Waals surface area contributed by atoms with Gasteiger partial charge in [-0.15, -0.1) is 0 Å². The van der Waals surface area contributed by atoms with Gasteiger partial charge in [-0.2, -0.15) is 0 Å². The van der Waals surface area contributed by atoms with Gasteiger partial charge in [0.2, 0.25) is 0 Å². The van der Waals surface area contributed by atoms with E-state index in [-0.39, 0.29) is 5.97 Å². The van der Waals surface area contributed by atoms with Crippen molar-refractivity contribution in [1.82, 2.24) is 0 Å². The van der Waals surface area contributed by atoms with E-state index in [0.717, 1.165) is 30.5 Å². The van der Waals surface area contributed by atoms with Crippen LogP contribution in [-0.4, -0.2) is 19.7 Å². The molecule has 0 N–H and O–H groups in total. The third-order valence-corrected chi connectivity index (χ3v) is 6.15. The molecule has 142 valence electrons. The molecule has 0 radical (unpaired) electrons. The number of hydrogen-bond donors (Lipinski definition) is 0. The molecule has 0 saturated heterocycles. The first-order valence-corrected chi connectivity index (χ1v) is 9.86. The molecule has 0 saturated carbocycles. The van der Waals surface area contributed by atoms with Crippen LogP contribution in [0, 0.1) is 0 Å². The van der Waals surface area contributed by atoms with E-state index in [0.29, 0.717) is 5.56 Å². The highest BCUT2D eigenvalue weighted by Gasteiger charge is 2.29. The lowest BCUT2D eigenvalue weighted by Gasteiger charge is -2.45. The van der Waals surface area contributed by atoms with Crippen molar-refractivity contribution in [3.63, 3.8) is 0 Å². The lowest BCUT2D eigenvalue weighted by molar-refractivity contribution is 0.0601. The molecule has 2 aliphatic rings. The minimum absolute atomic E-state index is 0.296. The Hall–Kier alpha value is -3.53. The van der Waals surface area contributed by atoms with Crippen LogP contribution in [0.15, 0.2) is 66.7 Å². The third kappa shape index (κ3) is 2.49. The predicted molar refractivity (Wildman–Crippen MR) is 116 cm³/mol. The first-order chi connectivity index (χ1) is 14.2. The van der Waals surface area contributed by atoms with Crippen LogP contribution in [0.1, 0.15) is 21.5 Å². The van der Waals surface area contributed by atoms with Crippen LogP contribution in [0.3, 0.4) is 0 Å². The zero-order valence-electron chi connectivity index (χ0n) is 16.2. The van der Waals surface area contributed by atoms with Crippen LogP contribution in [-0.2, 0) is 17.8 Å². The van der Waals surface area contributed by atoms with Crippen molar-refractivity contribution in [1.29, 1.82) is 0 Å². The number of carbonyl (C=O) groups is 1. The Kier molecular flexibility index (Phi) is 3.39. The maximum absolute atomic E-state index is 11.9. The Balaban J connectivity index is 1.46. The molecule has 4 nitrogen and oxygen atoms in total. The van der Waals surface area contributed by atoms with Gasteiger partial charge >= 0.3 is 5.97 Å². The zero-order valence-corrected chi connectivity index (χ0v) is 16.2. The van der Waals surface area contributed by atoms with Gasteiger partial charge in [-0.25, -0.2) is 4.79 Å². The molecule has 4 aromatic carbocycles. The van der Waals surface area contributed by atoms with Gasteiger partial charge in [-0.3, -0.25) is 0 Å². The summed E-state index contributed by atoms with van der Waals surface area (Å²) >= 11 is 0. The molecule has 0 atom stereocenters. The van der Waals surface area contributed by atoms with E-state index in [2.05, 4.69) is 58.3 Å². The second-order valence-corrected chi connectivity index (χ2v) is 7.90. The standard InChI is InChI=1S/C25H20N2O2/c1-29-25(28)19-7-6-18-12-24-22(10-20(18)9-19)14-27-15-26(24)13-21-8-16-4-2-3-5-17(16)11-23(21)27/h2-12H,13-15H2,1H3. The lowest BCUT2D eigenvalue weighted by Crippen LogP contribution is -2.46. The minimum atomic E-state index is -0.296. The summed E-state index contributed by atoms with van der Waals surface area (Å²) in [5, 5.41) is 4.80. The van der Waals surface area contributed by atoms with Crippen molar-refractivity contribution in [2.75, 3.05) is 23.6 Å². The number of rotatable bonds is 1. The average Bonchev–Trinajstić information content (AvgIpc) is 2.76. The Bertz CT molecular complexity index is 1310. The minimum Gasteiger partial charge on any atom is -0.465 e. The number of anilines is 2.